The van der Waals surface area contributed by atoms with E-state index in [1.54, 1.807) is 25.2 Å². The number of aromatic nitrogens is 4. The number of aromatic amines is 1. The fourth-order valence-electron chi connectivity index (χ4n) is 2.96. The van der Waals surface area contributed by atoms with Gasteiger partial charge in [0.15, 0.2) is 0 Å². The molecule has 3 N–H and O–H groups in total. The van der Waals surface area contributed by atoms with Crippen LogP contribution in [0, 0.1) is 6.92 Å². The van der Waals surface area contributed by atoms with Crippen LogP contribution in [-0.4, -0.2) is 31.8 Å². The summed E-state index contributed by atoms with van der Waals surface area (Å²) in [5.74, 6) is -0.183. The summed E-state index contributed by atoms with van der Waals surface area (Å²) in [6, 6.07) is 13.0. The summed E-state index contributed by atoms with van der Waals surface area (Å²) in [6.07, 6.45) is 2.96. The van der Waals surface area contributed by atoms with E-state index < -0.39 is 5.91 Å². The quantitative estimate of drug-likeness (QED) is 0.457. The van der Waals surface area contributed by atoms with E-state index in [1.807, 2.05) is 31.2 Å². The molecule has 4 rings (SSSR count). The number of rotatable bonds is 6. The molecule has 1 aromatic carbocycles. The second kappa shape index (κ2) is 8.08. The summed E-state index contributed by atoms with van der Waals surface area (Å²) in [7, 11) is 1.63. The average molecular weight is 404 g/mol. The Morgan fingerprint density at radius 1 is 1.17 bits per heavy atom. The molecule has 3 heterocycles. The minimum absolute atomic E-state index is 0.227. The Hall–Kier alpha value is -4.14. The lowest BCUT2D eigenvalue weighted by Crippen LogP contribution is -2.26. The molecule has 0 aliphatic heterocycles. The number of carbonyl (C=O) groups is 2. The molecular formula is C21H20N6O3. The molecule has 30 heavy (non-hydrogen) atoms. The molecule has 4 aromatic rings. The zero-order valence-corrected chi connectivity index (χ0v) is 16.5. The zero-order chi connectivity index (χ0) is 21.1. The predicted octanol–water partition coefficient (Wildman–Crippen LogP) is 2.89. The van der Waals surface area contributed by atoms with E-state index >= 15 is 0 Å². The van der Waals surface area contributed by atoms with Crippen molar-refractivity contribution in [3.63, 3.8) is 0 Å². The third-order valence-corrected chi connectivity index (χ3v) is 4.58. The maximum Gasteiger partial charge on any atom is 0.273 e. The second-order valence-electron chi connectivity index (χ2n) is 6.78. The van der Waals surface area contributed by atoms with Gasteiger partial charge in [0, 0.05) is 12.6 Å². The average Bonchev–Trinajstić information content (AvgIpc) is 3.48. The summed E-state index contributed by atoms with van der Waals surface area (Å²) in [5.41, 5.74) is 3.50. The van der Waals surface area contributed by atoms with E-state index in [9.17, 15) is 9.59 Å². The summed E-state index contributed by atoms with van der Waals surface area (Å²) < 4.78 is 6.61. The fourth-order valence-corrected chi connectivity index (χ4v) is 2.96. The Labute approximate surface area is 172 Å². The van der Waals surface area contributed by atoms with Gasteiger partial charge < -0.3 is 15.1 Å². The highest BCUT2D eigenvalue weighted by molar-refractivity contribution is 6.07. The standard InChI is InChI=1S/C21H20N6O3/c1-13-5-7-14(8-6-13)16-10-17(26-25-16)20(28)24-18-12-23-27(2)19(18)21(29)22-11-15-4-3-9-30-15/h3-10,12H,11H2,1-2H3,(H,22,29)(H,24,28)(H,25,26). The summed E-state index contributed by atoms with van der Waals surface area (Å²) >= 11 is 0. The van der Waals surface area contributed by atoms with Crippen molar-refractivity contribution in [1.29, 1.82) is 0 Å². The SMILES string of the molecule is Cc1ccc(-c2cc(C(=O)Nc3cnn(C)c3C(=O)NCc3ccco3)[nH]n2)cc1. The van der Waals surface area contributed by atoms with Gasteiger partial charge in [0.25, 0.3) is 11.8 Å². The van der Waals surface area contributed by atoms with Gasteiger partial charge in [-0.2, -0.15) is 10.2 Å². The Bertz CT molecular complexity index is 1170. The third-order valence-electron chi connectivity index (χ3n) is 4.58. The van der Waals surface area contributed by atoms with Crippen LogP contribution in [0.4, 0.5) is 5.69 Å². The molecule has 3 aromatic heterocycles. The van der Waals surface area contributed by atoms with Gasteiger partial charge in [0.2, 0.25) is 0 Å². The van der Waals surface area contributed by atoms with Gasteiger partial charge in [-0.1, -0.05) is 29.8 Å². The Morgan fingerprint density at radius 2 is 1.97 bits per heavy atom. The van der Waals surface area contributed by atoms with Crippen LogP contribution in [0.15, 0.2) is 59.3 Å². The number of hydrogen-bond donors (Lipinski definition) is 3. The highest BCUT2D eigenvalue weighted by Gasteiger charge is 2.20. The molecule has 0 aliphatic carbocycles. The van der Waals surface area contributed by atoms with Crippen LogP contribution in [0.2, 0.25) is 0 Å². The van der Waals surface area contributed by atoms with Crippen molar-refractivity contribution in [3.05, 3.63) is 77.6 Å². The lowest BCUT2D eigenvalue weighted by atomic mass is 10.1. The maximum atomic E-state index is 12.7. The van der Waals surface area contributed by atoms with Crippen molar-refractivity contribution in [2.75, 3.05) is 5.32 Å². The summed E-state index contributed by atoms with van der Waals surface area (Å²) in [6.45, 7) is 2.23. The number of carbonyl (C=O) groups excluding carboxylic acids is 2. The molecular weight excluding hydrogens is 384 g/mol. The zero-order valence-electron chi connectivity index (χ0n) is 16.5. The first-order valence-corrected chi connectivity index (χ1v) is 9.27. The normalized spacial score (nSPS) is 10.7. The lowest BCUT2D eigenvalue weighted by molar-refractivity contribution is 0.0939. The first kappa shape index (κ1) is 19.2. The minimum atomic E-state index is -0.422. The minimum Gasteiger partial charge on any atom is -0.467 e. The highest BCUT2D eigenvalue weighted by Crippen LogP contribution is 2.20. The van der Waals surface area contributed by atoms with E-state index in [1.165, 1.54) is 17.1 Å². The smallest absolute Gasteiger partial charge is 0.273 e. The van der Waals surface area contributed by atoms with Crippen LogP contribution in [-0.2, 0) is 13.6 Å². The van der Waals surface area contributed by atoms with Crippen molar-refractivity contribution in [3.8, 4) is 11.3 Å². The molecule has 0 radical (unpaired) electrons. The van der Waals surface area contributed by atoms with E-state index in [4.69, 9.17) is 4.42 Å². The Balaban J connectivity index is 1.47. The molecule has 0 bridgehead atoms. The number of furan rings is 1. The van der Waals surface area contributed by atoms with Crippen molar-refractivity contribution in [1.82, 2.24) is 25.3 Å². The van der Waals surface area contributed by atoms with Crippen LogP contribution in [0.25, 0.3) is 11.3 Å². The number of nitrogens with one attached hydrogen (secondary N) is 3. The third kappa shape index (κ3) is 4.00. The molecule has 0 unspecified atom stereocenters. The first-order chi connectivity index (χ1) is 14.5. The molecule has 9 nitrogen and oxygen atoms in total. The van der Waals surface area contributed by atoms with E-state index in [-0.39, 0.29) is 23.8 Å². The number of aryl methyl sites for hydroxylation is 2. The van der Waals surface area contributed by atoms with E-state index in [2.05, 4.69) is 25.9 Å². The van der Waals surface area contributed by atoms with Crippen LogP contribution >= 0.6 is 0 Å². The van der Waals surface area contributed by atoms with Crippen molar-refractivity contribution < 1.29 is 14.0 Å². The number of benzene rings is 1. The summed E-state index contributed by atoms with van der Waals surface area (Å²) in [4.78, 5) is 25.3. The van der Waals surface area contributed by atoms with Gasteiger partial charge in [-0.3, -0.25) is 19.4 Å². The van der Waals surface area contributed by atoms with Gasteiger partial charge in [-0.25, -0.2) is 0 Å². The van der Waals surface area contributed by atoms with Crippen LogP contribution in [0.1, 0.15) is 32.3 Å². The van der Waals surface area contributed by atoms with Gasteiger partial charge in [0.05, 0.1) is 30.4 Å². The van der Waals surface area contributed by atoms with E-state index in [0.717, 1.165) is 11.1 Å². The van der Waals surface area contributed by atoms with Crippen molar-refractivity contribution in [2.24, 2.45) is 7.05 Å². The fraction of sp³-hybridized carbons (Fsp3) is 0.143. The molecule has 0 saturated carbocycles. The van der Waals surface area contributed by atoms with Crippen molar-refractivity contribution >= 4 is 17.5 Å². The Kier molecular flexibility index (Phi) is 5.17. The highest BCUT2D eigenvalue weighted by atomic mass is 16.3. The molecule has 0 aliphatic rings. The molecule has 0 spiro atoms. The van der Waals surface area contributed by atoms with Gasteiger partial charge in [-0.05, 0) is 25.1 Å². The summed E-state index contributed by atoms with van der Waals surface area (Å²) in [5, 5.41) is 16.5. The molecule has 2 amide bonds. The number of H-pyrrole nitrogens is 1. The van der Waals surface area contributed by atoms with Gasteiger partial charge in [0.1, 0.15) is 17.1 Å². The monoisotopic (exact) mass is 404 g/mol. The number of hydrogen-bond acceptors (Lipinski definition) is 5. The Morgan fingerprint density at radius 3 is 2.70 bits per heavy atom. The molecule has 0 saturated heterocycles. The van der Waals surface area contributed by atoms with E-state index in [0.29, 0.717) is 17.1 Å². The molecule has 9 heteroatoms. The van der Waals surface area contributed by atoms with Gasteiger partial charge in [-0.15, -0.1) is 0 Å². The van der Waals surface area contributed by atoms with Crippen LogP contribution in [0.3, 0.4) is 0 Å². The molecule has 0 fully saturated rings. The maximum absolute atomic E-state index is 12.7. The largest absolute Gasteiger partial charge is 0.467 e. The predicted molar refractivity (Wildman–Crippen MR) is 110 cm³/mol. The second-order valence-corrected chi connectivity index (χ2v) is 6.78. The topological polar surface area (TPSA) is 118 Å². The lowest BCUT2D eigenvalue weighted by Gasteiger charge is -2.07. The molecule has 0 atom stereocenters. The number of amides is 2. The van der Waals surface area contributed by atoms with Crippen molar-refractivity contribution in [2.45, 2.75) is 13.5 Å². The number of anilines is 1. The molecule has 152 valence electrons. The van der Waals surface area contributed by atoms with Crippen LogP contribution < -0.4 is 10.6 Å². The first-order valence-electron chi connectivity index (χ1n) is 9.27. The van der Waals surface area contributed by atoms with Gasteiger partial charge >= 0.3 is 0 Å². The van der Waals surface area contributed by atoms with Crippen LogP contribution in [0.5, 0.6) is 0 Å². The number of nitrogens with zero attached hydrogens (tertiary/aromatic N) is 3.